The monoisotopic (exact) mass is 204 g/mol. The average Bonchev–Trinajstić information content (AvgIpc) is 2.02. The molecule has 0 bridgehead atoms. The number of rotatable bonds is 2. The van der Waals surface area contributed by atoms with Gasteiger partial charge in [0.1, 0.15) is 11.4 Å². The molecule has 14 heavy (non-hydrogen) atoms. The number of hydrogen-bond acceptors (Lipinski definition) is 4. The zero-order valence-electron chi connectivity index (χ0n) is 6.74. The first-order valence-corrected chi connectivity index (χ1v) is 3.44. The van der Waals surface area contributed by atoms with Crippen LogP contribution < -0.4 is 5.73 Å². The lowest BCUT2D eigenvalue weighted by Gasteiger charge is -2.05. The van der Waals surface area contributed by atoms with Crippen molar-refractivity contribution in [2.24, 2.45) is 0 Å². The van der Waals surface area contributed by atoms with Gasteiger partial charge in [0.2, 0.25) is 0 Å². The second-order valence-electron chi connectivity index (χ2n) is 2.44. The summed E-state index contributed by atoms with van der Waals surface area (Å²) in [6.07, 6.45) is -3.05. The number of carboxylic acid groups (broad SMARTS) is 1. The fraction of sp³-hybridized carbons (Fsp3) is 0.143. The van der Waals surface area contributed by atoms with E-state index in [1.807, 2.05) is 0 Å². The number of aromatic carboxylic acids is 1. The maximum Gasteiger partial charge on any atom is 0.356 e. The number of carbonyl (C=O) groups is 1. The third-order valence-electron chi connectivity index (χ3n) is 1.47. The van der Waals surface area contributed by atoms with Crippen molar-refractivity contribution in [1.29, 1.82) is 0 Å². The summed E-state index contributed by atoms with van der Waals surface area (Å²) in [5.41, 5.74) is 3.10. The number of alkyl halides is 2. The van der Waals surface area contributed by atoms with Gasteiger partial charge >= 0.3 is 5.97 Å². The van der Waals surface area contributed by atoms with E-state index in [0.29, 0.717) is 0 Å². The molecule has 0 aromatic carbocycles. The van der Waals surface area contributed by atoms with Crippen LogP contribution in [0.2, 0.25) is 0 Å². The van der Waals surface area contributed by atoms with Crippen LogP contribution in [0.1, 0.15) is 22.6 Å². The van der Waals surface area contributed by atoms with Gasteiger partial charge in [-0.3, -0.25) is 0 Å². The van der Waals surface area contributed by atoms with E-state index in [0.717, 1.165) is 6.07 Å². The molecular weight excluding hydrogens is 198 g/mol. The summed E-state index contributed by atoms with van der Waals surface area (Å²) in [7, 11) is 0. The Hall–Kier alpha value is -1.92. The Balaban J connectivity index is 3.34. The summed E-state index contributed by atoms with van der Waals surface area (Å²) < 4.78 is 24.3. The Kier molecular flexibility index (Phi) is 2.50. The van der Waals surface area contributed by atoms with Gasteiger partial charge in [-0.15, -0.1) is 0 Å². The van der Waals surface area contributed by atoms with Crippen LogP contribution >= 0.6 is 0 Å². The number of pyridine rings is 1. The summed E-state index contributed by atoms with van der Waals surface area (Å²) in [5, 5.41) is 17.4. The Morgan fingerprint density at radius 2 is 2.14 bits per heavy atom. The van der Waals surface area contributed by atoms with Crippen molar-refractivity contribution >= 4 is 11.7 Å². The second kappa shape index (κ2) is 3.44. The SMILES string of the molecule is Nc1cc(O)c(C(F)F)nc1C(=O)O. The van der Waals surface area contributed by atoms with Crippen LogP contribution in [0.4, 0.5) is 14.5 Å². The Morgan fingerprint density at radius 1 is 1.57 bits per heavy atom. The van der Waals surface area contributed by atoms with E-state index in [1.54, 1.807) is 0 Å². The smallest absolute Gasteiger partial charge is 0.356 e. The summed E-state index contributed by atoms with van der Waals surface area (Å²) >= 11 is 0. The van der Waals surface area contributed by atoms with Crippen molar-refractivity contribution in [1.82, 2.24) is 4.98 Å². The second-order valence-corrected chi connectivity index (χ2v) is 2.44. The van der Waals surface area contributed by atoms with Crippen molar-refractivity contribution in [3.8, 4) is 5.75 Å². The number of anilines is 1. The van der Waals surface area contributed by atoms with Crippen LogP contribution in [-0.4, -0.2) is 21.2 Å². The highest BCUT2D eigenvalue weighted by molar-refractivity contribution is 5.91. The minimum Gasteiger partial charge on any atom is -0.506 e. The number of halogens is 2. The van der Waals surface area contributed by atoms with Crippen molar-refractivity contribution in [3.05, 3.63) is 17.5 Å². The molecule has 1 heterocycles. The van der Waals surface area contributed by atoms with Gasteiger partial charge in [0.15, 0.2) is 5.69 Å². The number of nitrogens with zero attached hydrogens (tertiary/aromatic N) is 1. The molecule has 0 atom stereocenters. The number of hydrogen-bond donors (Lipinski definition) is 3. The first-order valence-electron chi connectivity index (χ1n) is 3.44. The maximum atomic E-state index is 12.1. The van der Waals surface area contributed by atoms with Crippen LogP contribution in [0, 0.1) is 0 Å². The number of nitrogen functional groups attached to an aromatic ring is 1. The molecule has 7 heteroatoms. The predicted octanol–water partition coefficient (Wildman–Crippen LogP) is 1.01. The first-order chi connectivity index (χ1) is 6.43. The Labute approximate surface area is 76.8 Å². The van der Waals surface area contributed by atoms with Crippen molar-refractivity contribution in [2.45, 2.75) is 6.43 Å². The molecule has 0 saturated heterocycles. The molecule has 0 aliphatic heterocycles. The van der Waals surface area contributed by atoms with Crippen molar-refractivity contribution < 1.29 is 23.8 Å². The summed E-state index contributed by atoms with van der Waals surface area (Å²) in [6, 6.07) is 0.734. The molecule has 5 nitrogen and oxygen atoms in total. The predicted molar refractivity (Wildman–Crippen MR) is 42.2 cm³/mol. The molecule has 1 aromatic heterocycles. The zero-order valence-corrected chi connectivity index (χ0v) is 6.74. The lowest BCUT2D eigenvalue weighted by atomic mass is 10.2. The standard InChI is InChI=1S/C7H6F2N2O3/c8-6(9)5-3(12)1-2(10)4(11-5)7(13)14/h1,6,12H,10H2,(H,13,14). The van der Waals surface area contributed by atoms with Gasteiger partial charge < -0.3 is 15.9 Å². The van der Waals surface area contributed by atoms with Gasteiger partial charge in [-0.1, -0.05) is 0 Å². The molecule has 0 aliphatic rings. The molecule has 0 fully saturated rings. The molecule has 0 radical (unpaired) electrons. The molecule has 1 aromatic rings. The van der Waals surface area contributed by atoms with Gasteiger partial charge in [-0.25, -0.2) is 18.6 Å². The fourth-order valence-corrected chi connectivity index (χ4v) is 0.864. The lowest BCUT2D eigenvalue weighted by molar-refractivity contribution is 0.0690. The summed E-state index contributed by atoms with van der Waals surface area (Å²) in [4.78, 5) is 13.5. The van der Waals surface area contributed by atoms with Crippen LogP contribution in [0.15, 0.2) is 6.07 Å². The van der Waals surface area contributed by atoms with E-state index in [4.69, 9.17) is 15.9 Å². The quantitative estimate of drug-likeness (QED) is 0.667. The average molecular weight is 204 g/mol. The van der Waals surface area contributed by atoms with Gasteiger partial charge in [0.05, 0.1) is 5.69 Å². The molecule has 1 rings (SSSR count). The highest BCUT2D eigenvalue weighted by Gasteiger charge is 2.20. The van der Waals surface area contributed by atoms with E-state index in [-0.39, 0.29) is 5.69 Å². The van der Waals surface area contributed by atoms with Crippen LogP contribution in [0.5, 0.6) is 5.75 Å². The molecule has 0 saturated carbocycles. The minimum absolute atomic E-state index is 0.362. The van der Waals surface area contributed by atoms with E-state index in [1.165, 1.54) is 0 Å². The van der Waals surface area contributed by atoms with Gasteiger partial charge in [0, 0.05) is 6.07 Å². The topological polar surface area (TPSA) is 96.4 Å². The summed E-state index contributed by atoms with van der Waals surface area (Å²) in [5.74, 6) is -2.34. The van der Waals surface area contributed by atoms with Gasteiger partial charge in [-0.2, -0.15) is 0 Å². The molecule has 0 spiro atoms. The van der Waals surface area contributed by atoms with Crippen LogP contribution in [0.25, 0.3) is 0 Å². The molecule has 4 N–H and O–H groups in total. The maximum absolute atomic E-state index is 12.1. The van der Waals surface area contributed by atoms with Crippen LogP contribution in [-0.2, 0) is 0 Å². The molecule has 0 amide bonds. The zero-order chi connectivity index (χ0) is 10.9. The summed E-state index contributed by atoms with van der Waals surface area (Å²) in [6.45, 7) is 0. The Bertz CT molecular complexity index is 381. The van der Waals surface area contributed by atoms with Gasteiger partial charge in [-0.05, 0) is 0 Å². The van der Waals surface area contributed by atoms with E-state index < -0.39 is 29.5 Å². The van der Waals surface area contributed by atoms with E-state index >= 15 is 0 Å². The van der Waals surface area contributed by atoms with Gasteiger partial charge in [0.25, 0.3) is 6.43 Å². The number of aromatic hydroxyl groups is 1. The van der Waals surface area contributed by atoms with Crippen molar-refractivity contribution in [3.63, 3.8) is 0 Å². The largest absolute Gasteiger partial charge is 0.506 e. The lowest BCUT2D eigenvalue weighted by Crippen LogP contribution is -2.08. The fourth-order valence-electron chi connectivity index (χ4n) is 0.864. The van der Waals surface area contributed by atoms with Crippen LogP contribution in [0.3, 0.4) is 0 Å². The third kappa shape index (κ3) is 1.70. The number of carboxylic acids is 1. The number of aromatic nitrogens is 1. The highest BCUT2D eigenvalue weighted by atomic mass is 19.3. The van der Waals surface area contributed by atoms with E-state index in [9.17, 15) is 13.6 Å². The first kappa shape index (κ1) is 10.2. The minimum atomic E-state index is -3.05. The molecule has 76 valence electrons. The van der Waals surface area contributed by atoms with Crippen molar-refractivity contribution in [2.75, 3.05) is 5.73 Å². The molecule has 0 aliphatic carbocycles. The number of nitrogens with two attached hydrogens (primary N) is 1. The third-order valence-corrected chi connectivity index (χ3v) is 1.47. The molecular formula is C7H6F2N2O3. The van der Waals surface area contributed by atoms with E-state index in [2.05, 4.69) is 4.98 Å². The normalized spacial score (nSPS) is 10.5. The Morgan fingerprint density at radius 3 is 2.57 bits per heavy atom. The highest BCUT2D eigenvalue weighted by Crippen LogP contribution is 2.28. The molecule has 0 unspecified atom stereocenters.